The van der Waals surface area contributed by atoms with Crippen LogP contribution in [0.3, 0.4) is 0 Å². The summed E-state index contributed by atoms with van der Waals surface area (Å²) in [5.74, 6) is -1.14. The smallest absolute Gasteiger partial charge is 1.00 e. The predicted molar refractivity (Wildman–Crippen MR) is 39.6 cm³/mol. The SMILES string of the molecule is O=C([O-])c1cc2[se]ccc2[nH]1.[K+]. The maximum absolute atomic E-state index is 10.3. The number of carboxylic acid groups (broad SMARTS) is 1. The van der Waals surface area contributed by atoms with E-state index in [1.165, 1.54) is 0 Å². The molecule has 5 heteroatoms. The maximum Gasteiger partial charge on any atom is 1.00 e. The van der Waals surface area contributed by atoms with Gasteiger partial charge >= 0.3 is 119 Å². The van der Waals surface area contributed by atoms with Crippen molar-refractivity contribution in [3.8, 4) is 0 Å². The number of hydrogen-bond acceptors (Lipinski definition) is 2. The van der Waals surface area contributed by atoms with E-state index in [1.54, 1.807) is 6.07 Å². The van der Waals surface area contributed by atoms with Crippen LogP contribution < -0.4 is 56.5 Å². The van der Waals surface area contributed by atoms with Gasteiger partial charge in [-0.25, -0.2) is 0 Å². The van der Waals surface area contributed by atoms with E-state index in [4.69, 9.17) is 0 Å². The minimum absolute atomic E-state index is 0. The second-order valence-electron chi connectivity index (χ2n) is 2.17. The molecular weight excluding hydrogens is 248 g/mol. The van der Waals surface area contributed by atoms with Gasteiger partial charge in [0.15, 0.2) is 0 Å². The molecule has 0 amide bonds. The Hall–Kier alpha value is 0.646. The fourth-order valence-electron chi connectivity index (χ4n) is 0.958. The number of carbonyl (C=O) groups is 1. The number of aromatic nitrogens is 1. The molecule has 3 nitrogen and oxygen atoms in total. The molecule has 0 atom stereocenters. The van der Waals surface area contributed by atoms with Gasteiger partial charge in [-0.1, -0.05) is 0 Å². The first-order valence-electron chi connectivity index (χ1n) is 3.05. The van der Waals surface area contributed by atoms with Gasteiger partial charge in [0.1, 0.15) is 0 Å². The summed E-state index contributed by atoms with van der Waals surface area (Å²) in [6.45, 7) is 0. The fraction of sp³-hybridized carbons (Fsp3) is 0. The van der Waals surface area contributed by atoms with E-state index < -0.39 is 5.97 Å². The Morgan fingerprint density at radius 3 is 2.92 bits per heavy atom. The molecule has 2 heterocycles. The molecule has 0 aliphatic heterocycles. The number of rotatable bonds is 1. The average Bonchev–Trinajstić information content (AvgIpc) is 2.40. The molecule has 0 aromatic carbocycles. The van der Waals surface area contributed by atoms with Crippen LogP contribution in [0.2, 0.25) is 0 Å². The molecule has 0 radical (unpaired) electrons. The zero-order valence-corrected chi connectivity index (χ0v) is 11.3. The molecule has 0 unspecified atom stereocenters. The third-order valence-corrected chi connectivity index (χ3v) is 3.27. The molecule has 2 aromatic heterocycles. The summed E-state index contributed by atoms with van der Waals surface area (Å²) in [6, 6.07) is 3.55. The Morgan fingerprint density at radius 2 is 2.33 bits per heavy atom. The van der Waals surface area contributed by atoms with Gasteiger partial charge in [-0.15, -0.1) is 0 Å². The predicted octanol–water partition coefficient (Wildman–Crippen LogP) is -3.41. The summed E-state index contributed by atoms with van der Waals surface area (Å²) in [5.41, 5.74) is 1.10. The van der Waals surface area contributed by atoms with E-state index in [0.29, 0.717) is 14.5 Å². The third-order valence-electron chi connectivity index (χ3n) is 1.46. The zero-order valence-electron chi connectivity index (χ0n) is 6.46. The first kappa shape index (κ1) is 10.7. The number of H-pyrrole nitrogens is 1. The van der Waals surface area contributed by atoms with Crippen molar-refractivity contribution in [1.82, 2.24) is 4.98 Å². The molecule has 0 fully saturated rings. The molecule has 2 aromatic rings. The van der Waals surface area contributed by atoms with E-state index in [2.05, 4.69) is 4.98 Å². The molecule has 12 heavy (non-hydrogen) atoms. The van der Waals surface area contributed by atoms with Crippen molar-refractivity contribution in [3.63, 3.8) is 0 Å². The number of carboxylic acids is 1. The molecule has 56 valence electrons. The van der Waals surface area contributed by atoms with Gasteiger partial charge in [0, 0.05) is 0 Å². The van der Waals surface area contributed by atoms with E-state index in [-0.39, 0.29) is 57.1 Å². The third kappa shape index (κ3) is 1.93. The summed E-state index contributed by atoms with van der Waals surface area (Å²) in [4.78, 5) is 15.2. The summed E-state index contributed by atoms with van der Waals surface area (Å²) in [5, 5.41) is 10.3. The second-order valence-corrected chi connectivity index (χ2v) is 4.16. The number of aromatic carboxylic acids is 1. The molecular formula is C7H4KNO2Se. The van der Waals surface area contributed by atoms with E-state index in [1.807, 2.05) is 11.0 Å². The van der Waals surface area contributed by atoms with E-state index in [9.17, 15) is 9.90 Å². The van der Waals surface area contributed by atoms with Crippen molar-refractivity contribution in [3.05, 3.63) is 22.8 Å². The van der Waals surface area contributed by atoms with Gasteiger partial charge in [0.05, 0.1) is 0 Å². The van der Waals surface area contributed by atoms with Gasteiger partial charge < -0.3 is 0 Å². The van der Waals surface area contributed by atoms with Crippen molar-refractivity contribution in [2.45, 2.75) is 0 Å². The molecule has 0 aliphatic carbocycles. The van der Waals surface area contributed by atoms with Crippen LogP contribution in [-0.2, 0) is 0 Å². The largest absolute Gasteiger partial charge is 1.00 e. The number of carbonyl (C=O) groups excluding carboxylic acids is 1. The van der Waals surface area contributed by atoms with Crippen molar-refractivity contribution in [1.29, 1.82) is 0 Å². The van der Waals surface area contributed by atoms with Crippen molar-refractivity contribution in [2.24, 2.45) is 0 Å². The summed E-state index contributed by atoms with van der Waals surface area (Å²) in [7, 11) is 0. The van der Waals surface area contributed by atoms with Gasteiger partial charge in [-0.05, 0) is 0 Å². The van der Waals surface area contributed by atoms with Crippen LogP contribution in [0.4, 0.5) is 0 Å². The fourth-order valence-corrected chi connectivity index (χ4v) is 2.60. The standard InChI is InChI=1S/C7H5NO2Se.K/c9-7(10)5-3-6-4(8-5)1-2-11-6;/h1-3,8H,(H,9,10);/q;+1/p-1. The maximum atomic E-state index is 10.3. The Bertz CT molecular complexity index is 378. The second kappa shape index (κ2) is 4.24. The Kier molecular flexibility index (Phi) is 3.79. The minimum Gasteiger partial charge on any atom is 1.00 e. The van der Waals surface area contributed by atoms with Crippen LogP contribution >= 0.6 is 0 Å². The minimum atomic E-state index is -1.14. The first-order valence-corrected chi connectivity index (χ1v) is 4.89. The Balaban J connectivity index is 0.000000720. The monoisotopic (exact) mass is 253 g/mol. The zero-order chi connectivity index (χ0) is 7.84. The van der Waals surface area contributed by atoms with Crippen LogP contribution in [0, 0.1) is 0 Å². The van der Waals surface area contributed by atoms with Gasteiger partial charge in [-0.2, -0.15) is 0 Å². The molecule has 1 N–H and O–H groups in total. The topological polar surface area (TPSA) is 55.9 Å². The normalized spacial score (nSPS) is 9.67. The van der Waals surface area contributed by atoms with Crippen molar-refractivity contribution in [2.75, 3.05) is 0 Å². The average molecular weight is 252 g/mol. The van der Waals surface area contributed by atoms with E-state index in [0.717, 1.165) is 9.78 Å². The molecule has 2 rings (SSSR count). The van der Waals surface area contributed by atoms with Crippen LogP contribution in [0.5, 0.6) is 0 Å². The van der Waals surface area contributed by atoms with Crippen LogP contribution in [0.1, 0.15) is 10.5 Å². The molecule has 0 bridgehead atoms. The van der Waals surface area contributed by atoms with Crippen LogP contribution in [0.25, 0.3) is 9.78 Å². The molecule has 0 saturated carbocycles. The number of fused-ring (bicyclic) bond motifs is 1. The number of hydrogen-bond donors (Lipinski definition) is 1. The molecule has 0 aliphatic rings. The number of nitrogens with one attached hydrogen (secondary N) is 1. The summed E-state index contributed by atoms with van der Waals surface area (Å²) in [6.07, 6.45) is 0. The van der Waals surface area contributed by atoms with Gasteiger partial charge in [0.25, 0.3) is 0 Å². The van der Waals surface area contributed by atoms with Crippen LogP contribution in [-0.4, -0.2) is 25.5 Å². The molecule has 0 spiro atoms. The summed E-state index contributed by atoms with van der Waals surface area (Å²) < 4.78 is 1.09. The Morgan fingerprint density at radius 1 is 1.58 bits per heavy atom. The van der Waals surface area contributed by atoms with Crippen molar-refractivity contribution >= 4 is 30.2 Å². The first-order chi connectivity index (χ1) is 5.27. The molecule has 0 saturated heterocycles. The Labute approximate surface area is 117 Å². The number of aromatic amines is 1. The quantitative estimate of drug-likeness (QED) is 0.538. The van der Waals surface area contributed by atoms with Crippen molar-refractivity contribution < 1.29 is 61.3 Å². The summed E-state index contributed by atoms with van der Waals surface area (Å²) >= 11 is 0.305. The van der Waals surface area contributed by atoms with Gasteiger partial charge in [-0.3, -0.25) is 0 Å². The van der Waals surface area contributed by atoms with Crippen LogP contribution in [0.15, 0.2) is 17.1 Å². The van der Waals surface area contributed by atoms with E-state index >= 15 is 0 Å². The van der Waals surface area contributed by atoms with Gasteiger partial charge in [0.2, 0.25) is 0 Å².